The molecule has 1 aromatic carbocycles. The highest BCUT2D eigenvalue weighted by Gasteiger charge is 2.29. The summed E-state index contributed by atoms with van der Waals surface area (Å²) in [6.07, 6.45) is 9.50. The van der Waals surface area contributed by atoms with Gasteiger partial charge in [-0.2, -0.15) is 0 Å². The molecular weight excluding hydrogens is 381 g/mol. The van der Waals surface area contributed by atoms with Crippen molar-refractivity contribution in [2.24, 2.45) is 0 Å². The van der Waals surface area contributed by atoms with E-state index in [0.717, 1.165) is 45.4 Å². The molecule has 2 aliphatic rings. The average molecular weight is 408 g/mol. The third-order valence-corrected chi connectivity index (χ3v) is 5.71. The smallest absolute Gasteiger partial charge is 0.318 e. The molecule has 7 heteroatoms. The number of nitrogens with zero attached hydrogens (tertiary/aromatic N) is 2. The lowest BCUT2D eigenvalue weighted by atomic mass is 10.0. The summed E-state index contributed by atoms with van der Waals surface area (Å²) >= 11 is 6.31. The van der Waals surface area contributed by atoms with E-state index in [2.05, 4.69) is 16.1 Å². The van der Waals surface area contributed by atoms with Crippen molar-refractivity contribution in [1.82, 2.24) is 15.1 Å². The molecule has 0 bridgehead atoms. The molecular formula is C21H27ClFN3O2. The maximum Gasteiger partial charge on any atom is 0.318 e. The number of carbonyl (C=O) groups is 1. The number of amides is 2. The molecule has 2 heterocycles. The van der Waals surface area contributed by atoms with E-state index in [-0.39, 0.29) is 37.1 Å². The van der Waals surface area contributed by atoms with Gasteiger partial charge in [0, 0.05) is 30.3 Å². The zero-order valence-electron chi connectivity index (χ0n) is 16.0. The summed E-state index contributed by atoms with van der Waals surface area (Å²) in [4.78, 5) is 16.5. The number of nitrogens with one attached hydrogen (secondary N) is 1. The largest absolute Gasteiger partial charge is 0.376 e. The molecule has 0 aromatic heterocycles. The first kappa shape index (κ1) is 20.9. The Morgan fingerprint density at radius 2 is 2.21 bits per heavy atom. The maximum absolute atomic E-state index is 14.6. The number of hydrogen-bond acceptors (Lipinski definition) is 3. The Bertz CT molecular complexity index is 692. The van der Waals surface area contributed by atoms with Gasteiger partial charge in [0.25, 0.3) is 0 Å². The Hall–Kier alpha value is -1.81. The number of likely N-dealkylation sites (tertiary alicyclic amines) is 1. The number of halogens is 2. The molecule has 0 saturated carbocycles. The van der Waals surface area contributed by atoms with Crippen LogP contribution in [0.3, 0.4) is 0 Å². The van der Waals surface area contributed by atoms with Crippen LogP contribution in [0.25, 0.3) is 0 Å². The monoisotopic (exact) mass is 407 g/mol. The molecule has 2 aliphatic heterocycles. The number of ether oxygens (including phenoxy) is 1. The third-order valence-electron chi connectivity index (χ3n) is 5.38. The molecule has 1 aromatic rings. The van der Waals surface area contributed by atoms with Crippen molar-refractivity contribution in [2.75, 3.05) is 39.3 Å². The van der Waals surface area contributed by atoms with Crippen LogP contribution in [0.4, 0.5) is 9.18 Å². The third kappa shape index (κ3) is 5.16. The summed E-state index contributed by atoms with van der Waals surface area (Å²) in [5.41, 5.74) is 0.439. The molecule has 0 aliphatic carbocycles. The summed E-state index contributed by atoms with van der Waals surface area (Å²) in [6.45, 7) is 3.38. The molecule has 2 fully saturated rings. The van der Waals surface area contributed by atoms with Gasteiger partial charge in [-0.1, -0.05) is 23.6 Å². The van der Waals surface area contributed by atoms with Crippen LogP contribution >= 0.6 is 11.6 Å². The van der Waals surface area contributed by atoms with Crippen molar-refractivity contribution in [2.45, 2.75) is 37.8 Å². The van der Waals surface area contributed by atoms with Crippen LogP contribution in [-0.2, 0) is 4.74 Å². The SMILES string of the molecule is C#CCN(C[C@@H]1CCCO1)C(=O)NC[C@@H](c1c(F)cccc1Cl)N1CCCC1. The van der Waals surface area contributed by atoms with Crippen LogP contribution in [-0.4, -0.2) is 61.3 Å². The predicted molar refractivity (Wildman–Crippen MR) is 108 cm³/mol. The minimum absolute atomic E-state index is 0.0227. The van der Waals surface area contributed by atoms with Gasteiger partial charge in [-0.25, -0.2) is 9.18 Å². The molecule has 0 radical (unpaired) electrons. The molecule has 2 saturated heterocycles. The van der Waals surface area contributed by atoms with Gasteiger partial charge in [-0.05, 0) is 50.9 Å². The van der Waals surface area contributed by atoms with Crippen molar-refractivity contribution in [3.8, 4) is 12.3 Å². The second kappa shape index (κ2) is 10.1. The summed E-state index contributed by atoms with van der Waals surface area (Å²) in [5.74, 6) is 2.18. The standard InChI is InChI=1S/C21H27ClFN3O2/c1-2-10-26(15-16-7-6-13-28-16)21(27)24-14-19(25-11-3-4-12-25)20-17(22)8-5-9-18(20)23/h1,5,8-9,16,19H,3-4,6-7,10-15H2,(H,24,27)/t16-,19-/m0/s1. The maximum atomic E-state index is 14.6. The normalized spacial score (nSPS) is 20.7. The fraction of sp³-hybridized carbons (Fsp3) is 0.571. The summed E-state index contributed by atoms with van der Waals surface area (Å²) < 4.78 is 20.2. The predicted octanol–water partition coefficient (Wildman–Crippen LogP) is 3.44. The van der Waals surface area contributed by atoms with E-state index in [1.807, 2.05) is 0 Å². The molecule has 3 rings (SSSR count). The van der Waals surface area contributed by atoms with Crippen LogP contribution in [0.15, 0.2) is 18.2 Å². The molecule has 0 unspecified atom stereocenters. The molecule has 28 heavy (non-hydrogen) atoms. The lowest BCUT2D eigenvalue weighted by molar-refractivity contribution is 0.0841. The zero-order chi connectivity index (χ0) is 19.9. The van der Waals surface area contributed by atoms with Crippen LogP contribution < -0.4 is 5.32 Å². The van der Waals surface area contributed by atoms with E-state index < -0.39 is 0 Å². The quantitative estimate of drug-likeness (QED) is 0.704. The van der Waals surface area contributed by atoms with Crippen LogP contribution in [0.2, 0.25) is 5.02 Å². The van der Waals surface area contributed by atoms with Crippen LogP contribution in [0, 0.1) is 18.2 Å². The Morgan fingerprint density at radius 3 is 2.86 bits per heavy atom. The van der Waals surface area contributed by atoms with Gasteiger partial charge in [0.05, 0.1) is 18.7 Å². The first-order valence-electron chi connectivity index (χ1n) is 9.86. The lowest BCUT2D eigenvalue weighted by Crippen LogP contribution is -2.46. The van der Waals surface area contributed by atoms with Gasteiger partial charge < -0.3 is 15.0 Å². The fourth-order valence-corrected chi connectivity index (χ4v) is 4.24. The Morgan fingerprint density at radius 1 is 1.43 bits per heavy atom. The minimum Gasteiger partial charge on any atom is -0.376 e. The number of hydrogen-bond donors (Lipinski definition) is 1. The Balaban J connectivity index is 1.69. The van der Waals surface area contributed by atoms with Crippen LogP contribution in [0.1, 0.15) is 37.3 Å². The number of rotatable bonds is 7. The summed E-state index contributed by atoms with van der Waals surface area (Å²) in [7, 11) is 0. The lowest BCUT2D eigenvalue weighted by Gasteiger charge is -2.30. The molecule has 5 nitrogen and oxygen atoms in total. The Kier molecular flexibility index (Phi) is 7.55. The number of carbonyl (C=O) groups excluding carboxylic acids is 1. The first-order valence-corrected chi connectivity index (χ1v) is 10.2. The Labute approximate surface area is 171 Å². The van der Waals surface area contributed by atoms with Crippen molar-refractivity contribution in [3.63, 3.8) is 0 Å². The van der Waals surface area contributed by atoms with E-state index >= 15 is 0 Å². The summed E-state index contributed by atoms with van der Waals surface area (Å²) in [5, 5.41) is 3.32. The van der Waals surface area contributed by atoms with Crippen molar-refractivity contribution < 1.29 is 13.9 Å². The molecule has 2 atom stereocenters. The molecule has 152 valence electrons. The van der Waals surface area contributed by atoms with Crippen molar-refractivity contribution >= 4 is 17.6 Å². The van der Waals surface area contributed by atoms with Crippen molar-refractivity contribution in [1.29, 1.82) is 0 Å². The minimum atomic E-state index is -0.349. The highest BCUT2D eigenvalue weighted by atomic mass is 35.5. The van der Waals surface area contributed by atoms with Gasteiger partial charge >= 0.3 is 6.03 Å². The van der Waals surface area contributed by atoms with Gasteiger partial charge in [0.15, 0.2) is 0 Å². The second-order valence-electron chi connectivity index (χ2n) is 7.30. The van der Waals surface area contributed by atoms with Crippen LogP contribution in [0.5, 0.6) is 0 Å². The van der Waals surface area contributed by atoms with Gasteiger partial charge in [-0.15, -0.1) is 6.42 Å². The molecule has 1 N–H and O–H groups in total. The highest BCUT2D eigenvalue weighted by Crippen LogP contribution is 2.32. The summed E-state index contributed by atoms with van der Waals surface area (Å²) in [6, 6.07) is 4.12. The number of urea groups is 1. The van der Waals surface area contributed by atoms with Gasteiger partial charge in [-0.3, -0.25) is 4.90 Å². The molecule has 0 spiro atoms. The average Bonchev–Trinajstić information content (AvgIpc) is 3.37. The topological polar surface area (TPSA) is 44.8 Å². The van der Waals surface area contributed by atoms with E-state index in [9.17, 15) is 9.18 Å². The van der Waals surface area contributed by atoms with Gasteiger partial charge in [0.2, 0.25) is 0 Å². The van der Waals surface area contributed by atoms with E-state index in [0.29, 0.717) is 17.1 Å². The van der Waals surface area contributed by atoms with Crippen molar-refractivity contribution in [3.05, 3.63) is 34.6 Å². The fourth-order valence-electron chi connectivity index (χ4n) is 3.96. The zero-order valence-corrected chi connectivity index (χ0v) is 16.8. The van der Waals surface area contributed by atoms with Gasteiger partial charge in [0.1, 0.15) is 5.82 Å². The van der Waals surface area contributed by atoms with E-state index in [4.69, 9.17) is 22.8 Å². The van der Waals surface area contributed by atoms with E-state index in [1.165, 1.54) is 6.07 Å². The second-order valence-corrected chi connectivity index (χ2v) is 7.71. The highest BCUT2D eigenvalue weighted by molar-refractivity contribution is 6.31. The molecule has 2 amide bonds. The number of benzene rings is 1. The first-order chi connectivity index (χ1) is 13.6. The number of terminal acetylenes is 1. The van der Waals surface area contributed by atoms with E-state index in [1.54, 1.807) is 17.0 Å².